The quantitative estimate of drug-likeness (QED) is 0.139. The van der Waals surface area contributed by atoms with Crippen LogP contribution >= 0.6 is 80.6 Å². The van der Waals surface area contributed by atoms with E-state index in [2.05, 4.69) is 50.5 Å². The smallest absolute Gasteiger partial charge is 0.270 e. The Balaban J connectivity index is 1.64. The predicted octanol–water partition coefficient (Wildman–Crippen LogP) is 6.61. The normalized spacial score (nSPS) is 15.0. The van der Waals surface area contributed by atoms with Crippen molar-refractivity contribution in [2.45, 2.75) is 6.61 Å². The molecule has 4 rings (SSSR count). The molecule has 0 atom stereocenters. The number of carbonyl (C=O) groups is 2. The highest BCUT2D eigenvalue weighted by Gasteiger charge is 2.35. The van der Waals surface area contributed by atoms with E-state index in [9.17, 15) is 9.59 Å². The van der Waals surface area contributed by atoms with E-state index in [1.807, 2.05) is 42.5 Å². The summed E-state index contributed by atoms with van der Waals surface area (Å²) in [5.41, 5.74) is 1.95. The average molecular weight is 735 g/mol. The Morgan fingerprint density at radius 2 is 1.68 bits per heavy atom. The van der Waals surface area contributed by atoms with E-state index in [1.54, 1.807) is 18.2 Å². The SMILES string of the molecule is O=C1NC(=S)N(c2cccc(Cl)c2Cl)C(=O)/C1=C/c1cc(I)c(OCc2ccccc2)c(I)c1. The number of anilines is 1. The second-order valence-electron chi connectivity index (χ2n) is 7.12. The molecule has 34 heavy (non-hydrogen) atoms. The van der Waals surface area contributed by atoms with Crippen LogP contribution in [0.15, 0.2) is 66.2 Å². The molecule has 0 aliphatic carbocycles. The lowest BCUT2D eigenvalue weighted by Crippen LogP contribution is -2.54. The highest BCUT2D eigenvalue weighted by molar-refractivity contribution is 14.1. The Morgan fingerprint density at radius 3 is 2.35 bits per heavy atom. The molecule has 1 aliphatic rings. The number of nitrogens with one attached hydrogen (secondary N) is 1. The van der Waals surface area contributed by atoms with Gasteiger partial charge in [-0.3, -0.25) is 19.8 Å². The third-order valence-corrected chi connectivity index (χ3v) is 7.53. The van der Waals surface area contributed by atoms with Gasteiger partial charge in [-0.25, -0.2) is 0 Å². The Labute approximate surface area is 238 Å². The summed E-state index contributed by atoms with van der Waals surface area (Å²) in [5.74, 6) is -0.439. The highest BCUT2D eigenvalue weighted by Crippen LogP contribution is 2.35. The molecule has 172 valence electrons. The summed E-state index contributed by atoms with van der Waals surface area (Å²) in [6, 6.07) is 18.4. The lowest BCUT2D eigenvalue weighted by molar-refractivity contribution is -0.122. The second-order valence-corrected chi connectivity index (χ2v) is 10.6. The van der Waals surface area contributed by atoms with Gasteiger partial charge in [0.25, 0.3) is 11.8 Å². The molecule has 5 nitrogen and oxygen atoms in total. The molecule has 2 amide bonds. The molecule has 0 bridgehead atoms. The van der Waals surface area contributed by atoms with Gasteiger partial charge in [0.15, 0.2) is 5.11 Å². The first-order chi connectivity index (χ1) is 16.3. The number of rotatable bonds is 5. The molecule has 0 aromatic heterocycles. The fourth-order valence-corrected chi connectivity index (χ4v) is 6.02. The maximum Gasteiger partial charge on any atom is 0.270 e. The number of ether oxygens (including phenoxy) is 1. The van der Waals surface area contributed by atoms with Crippen molar-refractivity contribution < 1.29 is 14.3 Å². The molecule has 1 fully saturated rings. The first-order valence-corrected chi connectivity index (χ1v) is 13.1. The fourth-order valence-electron chi connectivity index (χ4n) is 3.24. The van der Waals surface area contributed by atoms with Crippen LogP contribution in [-0.2, 0) is 16.2 Å². The summed E-state index contributed by atoms with van der Waals surface area (Å²) in [6.45, 7) is 0.432. The van der Waals surface area contributed by atoms with Crippen molar-refractivity contribution in [2.75, 3.05) is 4.90 Å². The van der Waals surface area contributed by atoms with Gasteiger partial charge in [0, 0.05) is 0 Å². The van der Waals surface area contributed by atoms with Gasteiger partial charge >= 0.3 is 0 Å². The van der Waals surface area contributed by atoms with Crippen LogP contribution in [0.5, 0.6) is 5.75 Å². The van der Waals surface area contributed by atoms with Crippen LogP contribution in [-0.4, -0.2) is 16.9 Å². The standard InChI is InChI=1S/C24H14Cl2I2N2O3S/c25-16-7-4-8-19(20(16)26)30-23(32)15(22(31)29-24(30)34)9-14-10-17(27)21(18(28)11-14)33-12-13-5-2-1-3-6-13/h1-11H,12H2,(H,29,31,34)/b15-9+. The van der Waals surface area contributed by atoms with Crippen LogP contribution in [0.2, 0.25) is 10.0 Å². The topological polar surface area (TPSA) is 58.6 Å². The summed E-state index contributed by atoms with van der Waals surface area (Å²) in [7, 11) is 0. The number of amides is 2. The van der Waals surface area contributed by atoms with Crippen LogP contribution in [0.25, 0.3) is 6.08 Å². The molecule has 10 heteroatoms. The number of halogens is 4. The van der Waals surface area contributed by atoms with Crippen molar-refractivity contribution in [3.63, 3.8) is 0 Å². The molecule has 0 unspecified atom stereocenters. The molecule has 1 aliphatic heterocycles. The summed E-state index contributed by atoms with van der Waals surface area (Å²) < 4.78 is 7.72. The van der Waals surface area contributed by atoms with Crippen molar-refractivity contribution in [1.82, 2.24) is 5.32 Å². The molecule has 0 saturated carbocycles. The summed E-state index contributed by atoms with van der Waals surface area (Å²) in [5, 5.41) is 2.93. The number of carbonyl (C=O) groups excluding carboxylic acids is 2. The van der Waals surface area contributed by atoms with E-state index in [0.29, 0.717) is 17.9 Å². The zero-order valence-corrected chi connectivity index (χ0v) is 23.8. The van der Waals surface area contributed by atoms with Gasteiger partial charge < -0.3 is 4.74 Å². The van der Waals surface area contributed by atoms with E-state index in [1.165, 1.54) is 11.0 Å². The molecule has 0 radical (unpaired) electrons. The minimum atomic E-state index is -0.590. The van der Waals surface area contributed by atoms with Gasteiger partial charge in [0.2, 0.25) is 0 Å². The predicted molar refractivity (Wildman–Crippen MR) is 155 cm³/mol. The van der Waals surface area contributed by atoms with Crippen molar-refractivity contribution >= 4 is 109 Å². The van der Waals surface area contributed by atoms with Crippen molar-refractivity contribution in [3.8, 4) is 5.75 Å². The summed E-state index contributed by atoms with van der Waals surface area (Å²) >= 11 is 22.0. The van der Waals surface area contributed by atoms with Gasteiger partial charge in [0.1, 0.15) is 17.9 Å². The molecule has 1 heterocycles. The molecule has 3 aromatic carbocycles. The Hall–Kier alpha value is -1.73. The monoisotopic (exact) mass is 734 g/mol. The Kier molecular flexibility index (Phi) is 8.13. The summed E-state index contributed by atoms with van der Waals surface area (Å²) in [4.78, 5) is 27.1. The molecule has 3 aromatic rings. The maximum absolute atomic E-state index is 13.3. The van der Waals surface area contributed by atoms with Gasteiger partial charge in [0.05, 0.1) is 22.9 Å². The highest BCUT2D eigenvalue weighted by atomic mass is 127. The van der Waals surface area contributed by atoms with Crippen molar-refractivity contribution in [2.24, 2.45) is 0 Å². The summed E-state index contributed by atoms with van der Waals surface area (Å²) in [6.07, 6.45) is 1.52. The third-order valence-electron chi connectivity index (χ3n) is 4.83. The molecular weight excluding hydrogens is 721 g/mol. The van der Waals surface area contributed by atoms with Crippen LogP contribution in [0, 0.1) is 7.14 Å². The van der Waals surface area contributed by atoms with Gasteiger partial charge in [-0.2, -0.15) is 0 Å². The van der Waals surface area contributed by atoms with Crippen LogP contribution in [0.3, 0.4) is 0 Å². The first-order valence-electron chi connectivity index (χ1n) is 9.77. The molecule has 0 spiro atoms. The molecular formula is C24H14Cl2I2N2O3S. The first kappa shape index (κ1) is 25.4. The molecule has 1 saturated heterocycles. The average Bonchev–Trinajstić information content (AvgIpc) is 2.79. The van der Waals surface area contributed by atoms with E-state index in [4.69, 9.17) is 40.2 Å². The zero-order chi connectivity index (χ0) is 24.4. The number of nitrogens with zero attached hydrogens (tertiary/aromatic N) is 1. The second kappa shape index (κ2) is 10.9. The van der Waals surface area contributed by atoms with Gasteiger partial charge in [-0.05, 0) is 98.9 Å². The number of thiocarbonyl (C=S) groups is 1. The number of hydrogen-bond donors (Lipinski definition) is 1. The lowest BCUT2D eigenvalue weighted by atomic mass is 10.1. The maximum atomic E-state index is 13.3. The minimum Gasteiger partial charge on any atom is -0.487 e. The lowest BCUT2D eigenvalue weighted by Gasteiger charge is -2.29. The largest absolute Gasteiger partial charge is 0.487 e. The van der Waals surface area contributed by atoms with E-state index < -0.39 is 11.8 Å². The number of hydrogen-bond acceptors (Lipinski definition) is 4. The van der Waals surface area contributed by atoms with E-state index in [0.717, 1.165) is 18.5 Å². The molecule has 1 N–H and O–H groups in total. The van der Waals surface area contributed by atoms with Crippen LogP contribution in [0.4, 0.5) is 5.69 Å². The van der Waals surface area contributed by atoms with Crippen molar-refractivity contribution in [3.05, 3.63) is 94.5 Å². The third kappa shape index (κ3) is 5.40. The van der Waals surface area contributed by atoms with Gasteiger partial charge in [-0.15, -0.1) is 0 Å². The minimum absolute atomic E-state index is 0.0647. The van der Waals surface area contributed by atoms with E-state index in [-0.39, 0.29) is 20.7 Å². The Bertz CT molecular complexity index is 1330. The number of benzene rings is 3. The van der Waals surface area contributed by atoms with E-state index >= 15 is 0 Å². The Morgan fingerprint density at radius 1 is 1.00 bits per heavy atom. The van der Waals surface area contributed by atoms with Gasteiger partial charge in [-0.1, -0.05) is 59.6 Å². The zero-order valence-electron chi connectivity index (χ0n) is 17.2. The van der Waals surface area contributed by atoms with Crippen molar-refractivity contribution in [1.29, 1.82) is 0 Å². The van der Waals surface area contributed by atoms with Crippen LogP contribution in [0.1, 0.15) is 11.1 Å². The van der Waals surface area contributed by atoms with Crippen LogP contribution < -0.4 is 15.0 Å². The fraction of sp³-hybridized carbons (Fsp3) is 0.0417.